The van der Waals surface area contributed by atoms with E-state index >= 15 is 0 Å². The number of rotatable bonds is 4. The third-order valence-electron chi connectivity index (χ3n) is 4.18. The Morgan fingerprint density at radius 1 is 1.11 bits per heavy atom. The third kappa shape index (κ3) is 3.30. The minimum absolute atomic E-state index is 0.0308. The predicted molar refractivity (Wildman–Crippen MR) is 99.3 cm³/mol. The van der Waals surface area contributed by atoms with E-state index < -0.39 is 5.91 Å². The van der Waals surface area contributed by atoms with Gasteiger partial charge in [-0.05, 0) is 29.7 Å². The second-order valence-corrected chi connectivity index (χ2v) is 5.99. The fourth-order valence-corrected chi connectivity index (χ4v) is 2.78. The maximum atomic E-state index is 12.3. The van der Waals surface area contributed by atoms with Crippen molar-refractivity contribution in [2.24, 2.45) is 0 Å². The van der Waals surface area contributed by atoms with Gasteiger partial charge in [0.25, 0.3) is 11.5 Å². The number of carbonyl (C=O) groups is 1. The van der Waals surface area contributed by atoms with Crippen LogP contribution in [0.2, 0.25) is 0 Å². The molecule has 0 unspecified atom stereocenters. The highest BCUT2D eigenvalue weighted by atomic mass is 16.5. The van der Waals surface area contributed by atoms with Crippen molar-refractivity contribution >= 4 is 16.8 Å². The smallest absolute Gasteiger partial charge is 0.273 e. The Hall–Kier alpha value is -3.87. The van der Waals surface area contributed by atoms with Crippen LogP contribution in [0, 0.1) is 0 Å². The van der Waals surface area contributed by atoms with Crippen molar-refractivity contribution in [3.05, 3.63) is 82.3 Å². The lowest BCUT2D eigenvalue weighted by Gasteiger charge is -2.04. The average molecular weight is 361 g/mol. The van der Waals surface area contributed by atoms with Gasteiger partial charge in [0.2, 0.25) is 0 Å². The number of aromatic amines is 1. The summed E-state index contributed by atoms with van der Waals surface area (Å²) >= 11 is 0. The first-order valence-corrected chi connectivity index (χ1v) is 8.26. The maximum absolute atomic E-state index is 12.3. The van der Waals surface area contributed by atoms with Crippen LogP contribution in [0.4, 0.5) is 0 Å². The van der Waals surface area contributed by atoms with Gasteiger partial charge in [-0.3, -0.25) is 9.59 Å². The second-order valence-electron chi connectivity index (χ2n) is 5.99. The Bertz CT molecular complexity index is 1190. The first-order valence-electron chi connectivity index (χ1n) is 8.26. The highest BCUT2D eigenvalue weighted by molar-refractivity contribution is 5.93. The molecule has 0 fully saturated rings. The molecule has 2 heterocycles. The lowest BCUT2D eigenvalue weighted by atomic mass is 10.1. The summed E-state index contributed by atoms with van der Waals surface area (Å²) in [6.45, 7) is 0.0534. The van der Waals surface area contributed by atoms with Gasteiger partial charge in [0.05, 0.1) is 5.56 Å². The van der Waals surface area contributed by atoms with Gasteiger partial charge >= 0.3 is 0 Å². The molecule has 3 N–H and O–H groups in total. The lowest BCUT2D eigenvalue weighted by Crippen LogP contribution is -2.26. The summed E-state index contributed by atoms with van der Waals surface area (Å²) in [5.74, 6) is -0.168. The zero-order valence-electron chi connectivity index (χ0n) is 14.1. The number of hydrogen-bond donors (Lipinski definition) is 3. The molecule has 1 amide bonds. The Balaban J connectivity index is 1.51. The van der Waals surface area contributed by atoms with Gasteiger partial charge < -0.3 is 19.9 Å². The van der Waals surface area contributed by atoms with E-state index in [1.807, 2.05) is 24.3 Å². The molecule has 0 atom stereocenters. The molecular weight excluding hydrogens is 346 g/mol. The lowest BCUT2D eigenvalue weighted by molar-refractivity contribution is 0.0942. The standard InChI is InChI=1S/C20H15N3O4/c24-17-8-4-2-6-14(17)18-10-16(23-27-18)20(26)21-11-13-9-12-5-1-3-7-15(12)22-19(13)25/h1-10,24H,11H2,(H,21,26)(H,22,25). The van der Waals surface area contributed by atoms with E-state index in [9.17, 15) is 14.7 Å². The molecule has 7 nitrogen and oxygen atoms in total. The normalized spacial score (nSPS) is 10.8. The van der Waals surface area contributed by atoms with Crippen LogP contribution in [-0.4, -0.2) is 21.2 Å². The monoisotopic (exact) mass is 361 g/mol. The quantitative estimate of drug-likeness (QED) is 0.518. The van der Waals surface area contributed by atoms with Crippen LogP contribution in [0.1, 0.15) is 16.1 Å². The number of phenols is 1. The summed E-state index contributed by atoms with van der Waals surface area (Å²) in [5, 5.41) is 17.1. The number of aromatic hydroxyl groups is 1. The van der Waals surface area contributed by atoms with Crippen molar-refractivity contribution in [3.63, 3.8) is 0 Å². The van der Waals surface area contributed by atoms with E-state index in [1.165, 1.54) is 12.1 Å². The molecule has 0 bridgehead atoms. The van der Waals surface area contributed by atoms with Crippen LogP contribution in [0.15, 0.2) is 70.0 Å². The van der Waals surface area contributed by atoms with Gasteiger partial charge in [0, 0.05) is 23.7 Å². The molecule has 134 valence electrons. The molecular formula is C20H15N3O4. The van der Waals surface area contributed by atoms with Crippen LogP contribution in [0.5, 0.6) is 5.75 Å². The number of nitrogens with one attached hydrogen (secondary N) is 2. The number of fused-ring (bicyclic) bond motifs is 1. The fourth-order valence-electron chi connectivity index (χ4n) is 2.78. The van der Waals surface area contributed by atoms with Gasteiger partial charge in [-0.1, -0.05) is 35.5 Å². The number of para-hydroxylation sites is 2. The summed E-state index contributed by atoms with van der Waals surface area (Å²) in [7, 11) is 0. The summed E-state index contributed by atoms with van der Waals surface area (Å²) in [6, 6.07) is 17.2. The zero-order valence-corrected chi connectivity index (χ0v) is 14.1. The van der Waals surface area contributed by atoms with Crippen molar-refractivity contribution in [2.45, 2.75) is 6.54 Å². The van der Waals surface area contributed by atoms with Crippen LogP contribution < -0.4 is 10.9 Å². The van der Waals surface area contributed by atoms with Crippen LogP contribution in [0.25, 0.3) is 22.2 Å². The van der Waals surface area contributed by atoms with Crippen molar-refractivity contribution < 1.29 is 14.4 Å². The summed E-state index contributed by atoms with van der Waals surface area (Å²) in [4.78, 5) is 27.2. The van der Waals surface area contributed by atoms with Gasteiger partial charge in [-0.2, -0.15) is 0 Å². The number of phenolic OH excluding ortho intramolecular Hbond substituents is 1. The van der Waals surface area contributed by atoms with Crippen molar-refractivity contribution in [1.29, 1.82) is 0 Å². The molecule has 2 aromatic carbocycles. The van der Waals surface area contributed by atoms with E-state index in [4.69, 9.17) is 4.52 Å². The molecule has 7 heteroatoms. The molecule has 0 spiro atoms. The summed E-state index contributed by atoms with van der Waals surface area (Å²) < 4.78 is 5.15. The number of H-pyrrole nitrogens is 1. The van der Waals surface area contributed by atoms with Crippen LogP contribution in [0.3, 0.4) is 0 Å². The Kier molecular flexibility index (Phi) is 4.18. The summed E-state index contributed by atoms with van der Waals surface area (Å²) in [5.41, 5.74) is 1.41. The predicted octanol–water partition coefficient (Wildman–Crippen LogP) is 2.82. The molecule has 4 rings (SSSR count). The number of carbonyl (C=O) groups excluding carboxylic acids is 1. The zero-order chi connectivity index (χ0) is 18.8. The van der Waals surface area contributed by atoms with Gasteiger partial charge in [0.15, 0.2) is 11.5 Å². The third-order valence-corrected chi connectivity index (χ3v) is 4.18. The van der Waals surface area contributed by atoms with Gasteiger partial charge in [0.1, 0.15) is 5.75 Å². The minimum atomic E-state index is -0.479. The van der Waals surface area contributed by atoms with Crippen molar-refractivity contribution in [3.8, 4) is 17.1 Å². The molecule has 4 aromatic rings. The molecule has 0 aliphatic heterocycles. The van der Waals surface area contributed by atoms with Crippen molar-refractivity contribution in [2.75, 3.05) is 0 Å². The maximum Gasteiger partial charge on any atom is 0.273 e. The molecule has 27 heavy (non-hydrogen) atoms. The van der Waals surface area contributed by atoms with E-state index in [-0.39, 0.29) is 29.3 Å². The van der Waals surface area contributed by atoms with E-state index in [2.05, 4.69) is 15.5 Å². The highest BCUT2D eigenvalue weighted by Crippen LogP contribution is 2.28. The number of pyridine rings is 1. The Morgan fingerprint density at radius 3 is 2.74 bits per heavy atom. The molecule has 0 saturated heterocycles. The topological polar surface area (TPSA) is 108 Å². The van der Waals surface area contributed by atoms with E-state index in [1.54, 1.807) is 24.3 Å². The Morgan fingerprint density at radius 2 is 1.89 bits per heavy atom. The Labute approximate surface area is 153 Å². The second kappa shape index (κ2) is 6.80. The average Bonchev–Trinajstić information content (AvgIpc) is 3.16. The van der Waals surface area contributed by atoms with E-state index in [0.717, 1.165) is 10.9 Å². The number of benzene rings is 2. The molecule has 0 saturated carbocycles. The molecule has 0 aliphatic rings. The van der Waals surface area contributed by atoms with Gasteiger partial charge in [-0.15, -0.1) is 0 Å². The van der Waals surface area contributed by atoms with E-state index in [0.29, 0.717) is 11.1 Å². The number of hydrogen-bond acceptors (Lipinski definition) is 5. The van der Waals surface area contributed by atoms with Crippen LogP contribution >= 0.6 is 0 Å². The first kappa shape index (κ1) is 16.6. The highest BCUT2D eigenvalue weighted by Gasteiger charge is 2.16. The van der Waals surface area contributed by atoms with Crippen molar-refractivity contribution in [1.82, 2.24) is 15.5 Å². The van der Waals surface area contributed by atoms with Crippen LogP contribution in [-0.2, 0) is 6.54 Å². The number of nitrogens with zero attached hydrogens (tertiary/aromatic N) is 1. The molecule has 0 aliphatic carbocycles. The number of aromatic nitrogens is 2. The fraction of sp³-hybridized carbons (Fsp3) is 0.0500. The summed E-state index contributed by atoms with van der Waals surface area (Å²) in [6.07, 6.45) is 0. The molecule has 0 radical (unpaired) electrons. The SMILES string of the molecule is O=C(NCc1cc2ccccc2[nH]c1=O)c1cc(-c2ccccc2O)on1. The molecule has 2 aromatic heterocycles. The van der Waals surface area contributed by atoms with Gasteiger partial charge in [-0.25, -0.2) is 0 Å². The minimum Gasteiger partial charge on any atom is -0.507 e. The number of amides is 1. The first-order chi connectivity index (χ1) is 13.1. The largest absolute Gasteiger partial charge is 0.507 e.